The molecule has 3 nitrogen and oxygen atoms in total. The third-order valence-corrected chi connectivity index (χ3v) is 14.2. The van der Waals surface area contributed by atoms with Crippen molar-refractivity contribution >= 4 is 99.3 Å². The molecule has 0 heterocycles. The second-order valence-corrected chi connectivity index (χ2v) is 18.7. The Bertz CT molecular complexity index is 3520. The molecule has 8 aromatic carbocycles. The molecule has 0 saturated carbocycles. The number of hydrogen-bond acceptors (Lipinski definition) is 4. The fourth-order valence-corrected chi connectivity index (χ4v) is 10.9. The molecule has 318 valence electrons. The van der Waals surface area contributed by atoms with Crippen LogP contribution < -0.4 is 37.1 Å². The van der Waals surface area contributed by atoms with E-state index in [-0.39, 0.29) is 5.41 Å². The second-order valence-electron chi connectivity index (χ2n) is 18.1. The minimum atomic E-state index is -0.215. The molecule has 3 aliphatic carbocycles. The van der Waals surface area contributed by atoms with Gasteiger partial charge in [0.15, 0.2) is 0 Å². The standard InChI is InChI=1S/C61H50BN3S/c1-61(2)53-28-15-14-25-50(53)57-54(61)36-41-29-31-45(65(43-20-8-4-9-21-43)44-22-10-5-11-23-44)35-42(38-64-55-34-32-46(66)37-52(55)39-17-6-3-7-18-39)56-48(26-16-27-51(56)58(57)59(41)62)49-33-30-40-19-12-13-24-47(40)60(49)63/h3-13,15,17-24,27-38,64,66H,14,16,25-26,63H2,1-2H3/b31-29?,42-38-,45-35?. The Morgan fingerprint density at radius 3 is 2.11 bits per heavy atom. The summed E-state index contributed by atoms with van der Waals surface area (Å²) in [5.74, 6) is 0. The molecule has 5 heteroatoms. The number of thiol groups is 1. The lowest BCUT2D eigenvalue weighted by Gasteiger charge is -2.26. The lowest BCUT2D eigenvalue weighted by atomic mass is 9.77. The third kappa shape index (κ3) is 7.19. The highest BCUT2D eigenvalue weighted by Gasteiger charge is 2.38. The molecule has 0 fully saturated rings. The average Bonchev–Trinajstić information content (AvgIpc) is 3.57. The van der Waals surface area contributed by atoms with Crippen LogP contribution in [-0.2, 0) is 5.41 Å². The maximum atomic E-state index is 7.71. The van der Waals surface area contributed by atoms with Crippen molar-refractivity contribution in [2.75, 3.05) is 16.0 Å². The van der Waals surface area contributed by atoms with Gasteiger partial charge >= 0.3 is 0 Å². The Hall–Kier alpha value is -7.21. The largest absolute Gasteiger partial charge is 0.398 e. The fourth-order valence-electron chi connectivity index (χ4n) is 10.7. The zero-order chi connectivity index (χ0) is 44.9. The van der Waals surface area contributed by atoms with Crippen LogP contribution in [0.15, 0.2) is 192 Å². The van der Waals surface area contributed by atoms with E-state index >= 15 is 0 Å². The number of fused-ring (bicyclic) bond motifs is 8. The van der Waals surface area contributed by atoms with Crippen molar-refractivity contribution in [1.82, 2.24) is 0 Å². The molecule has 2 radical (unpaired) electrons. The lowest BCUT2D eigenvalue weighted by Crippen LogP contribution is -2.44. The number of nitrogens with zero attached hydrogens (tertiary/aromatic N) is 1. The molecular formula is C61H50BN3S. The van der Waals surface area contributed by atoms with E-state index in [1.165, 1.54) is 27.8 Å². The van der Waals surface area contributed by atoms with Crippen molar-refractivity contribution in [3.63, 3.8) is 0 Å². The monoisotopic (exact) mass is 867 g/mol. The summed E-state index contributed by atoms with van der Waals surface area (Å²) in [5, 5.41) is 11.4. The third-order valence-electron chi connectivity index (χ3n) is 13.9. The fraction of sp³-hybridized carbons (Fsp3) is 0.115. The van der Waals surface area contributed by atoms with Gasteiger partial charge in [-0.1, -0.05) is 153 Å². The second kappa shape index (κ2) is 17.0. The van der Waals surface area contributed by atoms with Gasteiger partial charge in [-0.25, -0.2) is 0 Å². The number of rotatable bonds is 7. The quantitative estimate of drug-likeness (QED) is 0.0849. The molecule has 0 unspecified atom stereocenters. The Morgan fingerprint density at radius 2 is 1.35 bits per heavy atom. The lowest BCUT2D eigenvalue weighted by molar-refractivity contribution is 0.652. The van der Waals surface area contributed by atoms with Gasteiger partial charge in [0.1, 0.15) is 7.85 Å². The molecule has 3 aliphatic rings. The van der Waals surface area contributed by atoms with E-state index in [1.807, 2.05) is 6.07 Å². The minimum absolute atomic E-state index is 0.215. The first-order valence-electron chi connectivity index (χ1n) is 23.0. The SMILES string of the molecule is [B]c1c2ccc(N(c3ccccc3)c3ccccc3)c/c(=C/Nc3ccc(S)cc3-c3ccccc3)c3c(c1c1c(c2)C(C)(C)C2=C1CCC=C2)=CCCC=3c1ccc2ccccc2c1N. The molecule has 0 saturated heterocycles. The van der Waals surface area contributed by atoms with Crippen LogP contribution in [-0.4, -0.2) is 7.85 Å². The number of nitrogens with two attached hydrogens (primary N) is 1. The van der Waals surface area contributed by atoms with Crippen LogP contribution in [0.4, 0.5) is 28.4 Å². The summed E-state index contributed by atoms with van der Waals surface area (Å²) in [4.78, 5) is 3.24. The summed E-state index contributed by atoms with van der Waals surface area (Å²) < 4.78 is 0. The number of allylic oxidation sites excluding steroid dienone is 4. The van der Waals surface area contributed by atoms with Gasteiger partial charge in [-0.3, -0.25) is 0 Å². The van der Waals surface area contributed by atoms with Crippen molar-refractivity contribution in [2.24, 2.45) is 0 Å². The topological polar surface area (TPSA) is 41.3 Å². The van der Waals surface area contributed by atoms with Crippen LogP contribution in [0, 0.1) is 0 Å². The molecule has 0 atom stereocenters. The van der Waals surface area contributed by atoms with Gasteiger partial charge in [-0.2, -0.15) is 0 Å². The van der Waals surface area contributed by atoms with Crippen molar-refractivity contribution < 1.29 is 0 Å². The number of benzene rings is 7. The van der Waals surface area contributed by atoms with Crippen molar-refractivity contribution in [3.8, 4) is 11.1 Å². The van der Waals surface area contributed by atoms with E-state index in [4.69, 9.17) is 26.2 Å². The highest BCUT2D eigenvalue weighted by Crippen LogP contribution is 2.51. The minimum Gasteiger partial charge on any atom is -0.398 e. The molecule has 0 amide bonds. The Labute approximate surface area is 394 Å². The van der Waals surface area contributed by atoms with E-state index in [9.17, 15) is 0 Å². The van der Waals surface area contributed by atoms with Crippen LogP contribution in [0.2, 0.25) is 0 Å². The molecule has 0 spiro atoms. The molecule has 0 aromatic heterocycles. The number of nitrogens with one attached hydrogen (secondary N) is 1. The summed E-state index contributed by atoms with van der Waals surface area (Å²) in [6.45, 7) is 4.76. The van der Waals surface area contributed by atoms with E-state index in [2.05, 4.69) is 212 Å². The summed E-state index contributed by atoms with van der Waals surface area (Å²) in [7, 11) is 7.71. The molecule has 11 rings (SSSR count). The van der Waals surface area contributed by atoms with E-state index < -0.39 is 0 Å². The predicted octanol–water partition coefficient (Wildman–Crippen LogP) is 12.7. The van der Waals surface area contributed by atoms with E-state index in [1.54, 1.807) is 0 Å². The summed E-state index contributed by atoms with van der Waals surface area (Å²) in [5.41, 5.74) is 22.6. The first-order valence-corrected chi connectivity index (χ1v) is 23.5. The van der Waals surface area contributed by atoms with Crippen LogP contribution in [0.3, 0.4) is 0 Å². The Kier molecular flexibility index (Phi) is 10.7. The summed E-state index contributed by atoms with van der Waals surface area (Å²) in [6.07, 6.45) is 13.0. The van der Waals surface area contributed by atoms with Crippen LogP contribution in [0.1, 0.15) is 56.2 Å². The summed E-state index contributed by atoms with van der Waals surface area (Å²) in [6, 6.07) is 60.2. The molecule has 66 heavy (non-hydrogen) atoms. The normalized spacial score (nSPS) is 15.0. The van der Waals surface area contributed by atoms with Gasteiger partial charge in [-0.15, -0.1) is 12.6 Å². The number of nitrogen functional groups attached to an aromatic ring is 1. The molecule has 2 bridgehead atoms. The van der Waals surface area contributed by atoms with Crippen LogP contribution in [0.25, 0.3) is 56.1 Å². The number of hydrogen-bond donors (Lipinski definition) is 3. The number of anilines is 5. The predicted molar refractivity (Wildman–Crippen MR) is 286 cm³/mol. The zero-order valence-electron chi connectivity index (χ0n) is 37.4. The molecule has 3 N–H and O–H groups in total. The van der Waals surface area contributed by atoms with E-state index in [0.717, 1.165) is 118 Å². The van der Waals surface area contributed by atoms with Gasteiger partial charge in [0.05, 0.1) is 0 Å². The van der Waals surface area contributed by atoms with E-state index in [0.29, 0.717) is 0 Å². The van der Waals surface area contributed by atoms with Gasteiger partial charge in [0.25, 0.3) is 0 Å². The number of para-hydroxylation sites is 2. The van der Waals surface area contributed by atoms with Crippen molar-refractivity contribution in [1.29, 1.82) is 0 Å². The Morgan fingerprint density at radius 1 is 0.667 bits per heavy atom. The van der Waals surface area contributed by atoms with Gasteiger partial charge < -0.3 is 16.0 Å². The van der Waals surface area contributed by atoms with Crippen molar-refractivity contribution in [2.45, 2.75) is 49.8 Å². The first kappa shape index (κ1) is 41.5. The maximum absolute atomic E-state index is 7.71. The first-order chi connectivity index (χ1) is 32.3. The van der Waals surface area contributed by atoms with Crippen LogP contribution >= 0.6 is 12.6 Å². The summed E-state index contributed by atoms with van der Waals surface area (Å²) >= 11 is 4.81. The highest BCUT2D eigenvalue weighted by molar-refractivity contribution is 7.80. The molecule has 8 aromatic rings. The molecular weight excluding hydrogens is 818 g/mol. The maximum Gasteiger partial charge on any atom is 0.115 e. The smallest absolute Gasteiger partial charge is 0.115 e. The zero-order valence-corrected chi connectivity index (χ0v) is 38.2. The highest BCUT2D eigenvalue weighted by atomic mass is 32.1. The van der Waals surface area contributed by atoms with Gasteiger partial charge in [0, 0.05) is 66.7 Å². The average molecular weight is 868 g/mol. The van der Waals surface area contributed by atoms with Crippen molar-refractivity contribution in [3.05, 3.63) is 220 Å². The Balaban J connectivity index is 1.36. The van der Waals surface area contributed by atoms with Crippen LogP contribution in [0.5, 0.6) is 0 Å². The molecule has 0 aliphatic heterocycles. The van der Waals surface area contributed by atoms with Gasteiger partial charge in [-0.05, 0) is 140 Å². The van der Waals surface area contributed by atoms with Gasteiger partial charge in [0.2, 0.25) is 0 Å².